The highest BCUT2D eigenvalue weighted by atomic mass is 79.9. The summed E-state index contributed by atoms with van der Waals surface area (Å²) in [6.45, 7) is 0.658. The maximum Gasteiger partial charge on any atom is 0.320 e. The van der Waals surface area contributed by atoms with E-state index in [1.165, 1.54) is 13.2 Å². The number of hydrogen-bond donors (Lipinski definition) is 1. The zero-order valence-electron chi connectivity index (χ0n) is 13.8. The first-order valence-corrected chi connectivity index (χ1v) is 8.88. The summed E-state index contributed by atoms with van der Waals surface area (Å²) in [7, 11) is 1.42. The lowest BCUT2D eigenvalue weighted by Crippen LogP contribution is -2.39. The molecule has 2 atom stereocenters. The average molecular weight is 408 g/mol. The Kier molecular flexibility index (Phi) is 5.39. The Morgan fingerprint density at radius 2 is 1.96 bits per heavy atom. The van der Waals surface area contributed by atoms with Gasteiger partial charge in [-0.2, -0.15) is 0 Å². The minimum atomic E-state index is -0.839. The van der Waals surface area contributed by atoms with Gasteiger partial charge in [0.15, 0.2) is 11.6 Å². The van der Waals surface area contributed by atoms with Crippen LogP contribution < -0.4 is 4.74 Å². The predicted octanol–water partition coefficient (Wildman–Crippen LogP) is 4.24. The number of carbonyl (C=O) groups is 1. The van der Waals surface area contributed by atoms with Gasteiger partial charge in [0, 0.05) is 11.0 Å². The summed E-state index contributed by atoms with van der Waals surface area (Å²) in [5.41, 5.74) is 1.65. The highest BCUT2D eigenvalue weighted by Gasteiger charge is 2.37. The third kappa shape index (κ3) is 3.70. The minimum Gasteiger partial charge on any atom is -0.494 e. The molecule has 1 heterocycles. The third-order valence-electron chi connectivity index (χ3n) is 4.59. The van der Waals surface area contributed by atoms with Crippen molar-refractivity contribution in [2.45, 2.75) is 24.9 Å². The fraction of sp³-hybridized carbons (Fsp3) is 0.316. The second kappa shape index (κ2) is 7.54. The van der Waals surface area contributed by atoms with Gasteiger partial charge in [0.1, 0.15) is 6.04 Å². The van der Waals surface area contributed by atoms with E-state index in [9.17, 15) is 14.3 Å². The van der Waals surface area contributed by atoms with Gasteiger partial charge >= 0.3 is 5.97 Å². The predicted molar refractivity (Wildman–Crippen MR) is 96.3 cm³/mol. The van der Waals surface area contributed by atoms with Gasteiger partial charge in [0.05, 0.1) is 13.2 Å². The lowest BCUT2D eigenvalue weighted by molar-refractivity contribution is -0.142. The Labute approximate surface area is 154 Å². The van der Waals surface area contributed by atoms with Crippen molar-refractivity contribution in [1.82, 2.24) is 4.90 Å². The highest BCUT2D eigenvalue weighted by Crippen LogP contribution is 2.36. The molecule has 1 aliphatic rings. The molecule has 1 fully saturated rings. The van der Waals surface area contributed by atoms with E-state index < -0.39 is 17.8 Å². The Morgan fingerprint density at radius 3 is 2.56 bits per heavy atom. The van der Waals surface area contributed by atoms with E-state index in [-0.39, 0.29) is 11.8 Å². The molecule has 132 valence electrons. The molecule has 2 unspecified atom stereocenters. The summed E-state index contributed by atoms with van der Waals surface area (Å²) in [5.74, 6) is -1.11. The molecule has 1 N–H and O–H groups in total. The Bertz CT molecular complexity index is 766. The van der Waals surface area contributed by atoms with Crippen LogP contribution in [0.5, 0.6) is 5.75 Å². The van der Waals surface area contributed by atoms with Gasteiger partial charge in [0.25, 0.3) is 0 Å². The zero-order chi connectivity index (χ0) is 18.0. The number of benzene rings is 2. The van der Waals surface area contributed by atoms with Crippen LogP contribution in [0.4, 0.5) is 4.39 Å². The lowest BCUT2D eigenvalue weighted by atomic mass is 9.96. The van der Waals surface area contributed by atoms with E-state index in [1.54, 1.807) is 12.1 Å². The maximum atomic E-state index is 14.3. The van der Waals surface area contributed by atoms with Crippen LogP contribution in [0.15, 0.2) is 46.9 Å². The fourth-order valence-corrected chi connectivity index (χ4v) is 3.70. The molecule has 1 aliphatic heterocycles. The van der Waals surface area contributed by atoms with Gasteiger partial charge < -0.3 is 9.84 Å². The Hall–Kier alpha value is -1.92. The molecular formula is C19H19BrFNO3. The quantitative estimate of drug-likeness (QED) is 0.805. The van der Waals surface area contributed by atoms with E-state index in [4.69, 9.17) is 4.74 Å². The molecule has 0 spiro atoms. The first-order valence-electron chi connectivity index (χ1n) is 8.08. The average Bonchev–Trinajstić information content (AvgIpc) is 3.06. The van der Waals surface area contributed by atoms with Crippen molar-refractivity contribution >= 4 is 21.9 Å². The molecule has 3 rings (SSSR count). The van der Waals surface area contributed by atoms with Crippen LogP contribution in [0.1, 0.15) is 30.0 Å². The number of rotatable bonds is 5. The summed E-state index contributed by atoms with van der Waals surface area (Å²) in [6, 6.07) is 11.6. The van der Waals surface area contributed by atoms with Crippen LogP contribution in [0, 0.1) is 5.82 Å². The van der Waals surface area contributed by atoms with Crippen molar-refractivity contribution in [2.75, 3.05) is 13.7 Å². The Morgan fingerprint density at radius 1 is 1.28 bits per heavy atom. The molecule has 1 saturated heterocycles. The maximum absolute atomic E-state index is 14.3. The van der Waals surface area contributed by atoms with Crippen LogP contribution in [-0.4, -0.2) is 35.7 Å². The van der Waals surface area contributed by atoms with Crippen LogP contribution in [0.2, 0.25) is 0 Å². The molecule has 4 nitrogen and oxygen atoms in total. The molecule has 0 radical (unpaired) electrons. The Balaban J connectivity index is 2.07. The number of ether oxygens (including phenoxy) is 1. The first kappa shape index (κ1) is 17.9. The second-order valence-electron chi connectivity index (χ2n) is 6.08. The minimum absolute atomic E-state index is 0.175. The molecular weight excluding hydrogens is 389 g/mol. The monoisotopic (exact) mass is 407 g/mol. The molecule has 25 heavy (non-hydrogen) atoms. The van der Waals surface area contributed by atoms with Gasteiger partial charge in [-0.15, -0.1) is 0 Å². The summed E-state index contributed by atoms with van der Waals surface area (Å²) in [4.78, 5) is 13.6. The smallest absolute Gasteiger partial charge is 0.320 e. The normalized spacial score (nSPS) is 18.9. The standard InChI is InChI=1S/C19H19BrFNO3/c1-25-17-9-6-13(11-15(17)21)18(12-4-7-14(20)8-5-12)22-10-2-3-16(22)19(23)24/h4-9,11,16,18H,2-3,10H2,1H3,(H,23,24). The van der Waals surface area contributed by atoms with Crippen molar-refractivity contribution in [2.24, 2.45) is 0 Å². The molecule has 6 heteroatoms. The number of carboxylic acids is 1. The van der Waals surface area contributed by atoms with Crippen LogP contribution in [0.25, 0.3) is 0 Å². The summed E-state index contributed by atoms with van der Waals surface area (Å²) in [6.07, 6.45) is 1.41. The number of methoxy groups -OCH3 is 1. The van der Waals surface area contributed by atoms with Gasteiger partial charge in [-0.25, -0.2) is 4.39 Å². The van der Waals surface area contributed by atoms with Gasteiger partial charge in [-0.05, 0) is 48.2 Å². The van der Waals surface area contributed by atoms with E-state index in [0.29, 0.717) is 18.5 Å². The lowest BCUT2D eigenvalue weighted by Gasteiger charge is -2.32. The summed E-state index contributed by atoms with van der Waals surface area (Å²) in [5, 5.41) is 9.56. The van der Waals surface area contributed by atoms with Gasteiger partial charge in [-0.1, -0.05) is 34.1 Å². The summed E-state index contributed by atoms with van der Waals surface area (Å²) >= 11 is 3.42. The molecule has 2 aromatic rings. The number of nitrogens with zero attached hydrogens (tertiary/aromatic N) is 1. The number of likely N-dealkylation sites (tertiary alicyclic amines) is 1. The van der Waals surface area contributed by atoms with Crippen molar-refractivity contribution in [1.29, 1.82) is 0 Å². The van der Waals surface area contributed by atoms with Crippen molar-refractivity contribution in [3.05, 3.63) is 63.9 Å². The fourth-order valence-electron chi connectivity index (χ4n) is 3.44. The van der Waals surface area contributed by atoms with E-state index >= 15 is 0 Å². The van der Waals surface area contributed by atoms with Gasteiger partial charge in [0.2, 0.25) is 0 Å². The molecule has 0 aliphatic carbocycles. The molecule has 0 saturated carbocycles. The van der Waals surface area contributed by atoms with Crippen molar-refractivity contribution in [3.8, 4) is 5.75 Å². The third-order valence-corrected chi connectivity index (χ3v) is 5.12. The van der Waals surface area contributed by atoms with Crippen LogP contribution in [0.3, 0.4) is 0 Å². The van der Waals surface area contributed by atoms with E-state index in [1.807, 2.05) is 29.2 Å². The largest absolute Gasteiger partial charge is 0.494 e. The van der Waals surface area contributed by atoms with E-state index in [0.717, 1.165) is 16.5 Å². The van der Waals surface area contributed by atoms with Crippen LogP contribution >= 0.6 is 15.9 Å². The van der Waals surface area contributed by atoms with Gasteiger partial charge in [-0.3, -0.25) is 9.69 Å². The topological polar surface area (TPSA) is 49.8 Å². The zero-order valence-corrected chi connectivity index (χ0v) is 15.4. The van der Waals surface area contributed by atoms with E-state index in [2.05, 4.69) is 15.9 Å². The molecule has 0 bridgehead atoms. The number of carboxylic acid groups (broad SMARTS) is 1. The highest BCUT2D eigenvalue weighted by molar-refractivity contribution is 9.10. The van der Waals surface area contributed by atoms with Crippen molar-refractivity contribution in [3.63, 3.8) is 0 Å². The number of hydrogen-bond acceptors (Lipinski definition) is 3. The number of aliphatic carboxylic acids is 1. The van der Waals surface area contributed by atoms with Crippen molar-refractivity contribution < 1.29 is 19.0 Å². The second-order valence-corrected chi connectivity index (χ2v) is 7.00. The molecule has 0 amide bonds. The van der Waals surface area contributed by atoms with Crippen LogP contribution in [-0.2, 0) is 4.79 Å². The summed E-state index contributed by atoms with van der Waals surface area (Å²) < 4.78 is 20.2. The number of halogens is 2. The SMILES string of the molecule is COc1ccc(C(c2ccc(Br)cc2)N2CCCC2C(=O)O)cc1F. The first-order chi connectivity index (χ1) is 12.0. The molecule has 0 aromatic heterocycles. The molecule has 2 aromatic carbocycles.